The fourth-order valence-corrected chi connectivity index (χ4v) is 6.38. The molecule has 0 radical (unpaired) electrons. The fraction of sp³-hybridized carbons (Fsp3) is 0.348. The number of amides is 2. The Hall–Kier alpha value is -3.49. The SMILES string of the molecule is CCN(CCC#N)C(=O)NC1CCc2c(sc3ncnc(Nc4ccc5[nH]c(=O)sc5c4)c23)C1. The normalized spacial score (nSPS) is 15.1. The summed E-state index contributed by atoms with van der Waals surface area (Å²) in [5.74, 6) is 0.751. The van der Waals surface area contributed by atoms with Crippen LogP contribution in [0.5, 0.6) is 0 Å². The first-order chi connectivity index (χ1) is 16.6. The molecule has 3 aromatic heterocycles. The number of H-pyrrole nitrogens is 1. The number of aromatic nitrogens is 3. The summed E-state index contributed by atoms with van der Waals surface area (Å²) < 4.78 is 0.891. The van der Waals surface area contributed by atoms with Crippen LogP contribution in [0.25, 0.3) is 20.4 Å². The number of rotatable bonds is 6. The molecule has 2 amide bonds. The van der Waals surface area contributed by atoms with Gasteiger partial charge in [-0.05, 0) is 43.5 Å². The second kappa shape index (κ2) is 9.40. The maximum atomic E-state index is 12.6. The van der Waals surface area contributed by atoms with Crippen molar-refractivity contribution in [3.63, 3.8) is 0 Å². The van der Waals surface area contributed by atoms with Crippen LogP contribution >= 0.6 is 22.7 Å². The molecular formula is C23H23N7O2S2. The molecular weight excluding hydrogens is 470 g/mol. The third-order valence-electron chi connectivity index (χ3n) is 6.02. The van der Waals surface area contributed by atoms with Crippen molar-refractivity contribution in [3.05, 3.63) is 44.6 Å². The van der Waals surface area contributed by atoms with Gasteiger partial charge in [-0.1, -0.05) is 11.3 Å². The van der Waals surface area contributed by atoms with Crippen LogP contribution in [-0.2, 0) is 12.8 Å². The average Bonchev–Trinajstić information content (AvgIpc) is 3.38. The molecule has 34 heavy (non-hydrogen) atoms. The number of aryl methyl sites for hydroxylation is 1. The maximum Gasteiger partial charge on any atom is 0.317 e. The van der Waals surface area contributed by atoms with E-state index in [2.05, 4.69) is 31.7 Å². The number of hydrogen-bond acceptors (Lipinski definition) is 8. The molecule has 0 saturated heterocycles. The minimum absolute atomic E-state index is 0.0485. The van der Waals surface area contributed by atoms with E-state index >= 15 is 0 Å². The summed E-state index contributed by atoms with van der Waals surface area (Å²) in [6.45, 7) is 2.93. The maximum absolute atomic E-state index is 12.6. The Morgan fingerprint density at radius 1 is 1.35 bits per heavy atom. The standard InChI is InChI=1S/C23H23N7O2S2/c1-2-30(9-3-8-24)22(31)28-14-4-6-15-17(10-14)33-21-19(15)20(25-12-26-21)27-13-5-7-16-18(11-13)34-23(32)29-16/h5,7,11-12,14H,2-4,6,9-10H2,1H3,(H,28,31)(H,29,32)(H,25,26,27). The number of nitrogens with one attached hydrogen (secondary N) is 3. The molecule has 0 bridgehead atoms. The highest BCUT2D eigenvalue weighted by atomic mass is 32.1. The zero-order valence-corrected chi connectivity index (χ0v) is 20.2. The van der Waals surface area contributed by atoms with Crippen molar-refractivity contribution in [2.75, 3.05) is 18.4 Å². The highest BCUT2D eigenvalue weighted by molar-refractivity contribution is 7.19. The lowest BCUT2D eigenvalue weighted by atomic mass is 9.93. The number of carbonyl (C=O) groups excluding carboxylic acids is 1. The number of anilines is 2. The lowest BCUT2D eigenvalue weighted by Gasteiger charge is -2.27. The van der Waals surface area contributed by atoms with Gasteiger partial charge in [-0.3, -0.25) is 4.79 Å². The molecule has 1 aromatic carbocycles. The summed E-state index contributed by atoms with van der Waals surface area (Å²) in [6, 6.07) is 7.79. The molecule has 3 N–H and O–H groups in total. The first-order valence-corrected chi connectivity index (χ1v) is 12.8. The molecule has 3 heterocycles. The third-order valence-corrected chi connectivity index (χ3v) is 8.03. The van der Waals surface area contributed by atoms with Crippen molar-refractivity contribution in [2.45, 2.75) is 38.6 Å². The number of nitrogens with zero attached hydrogens (tertiary/aromatic N) is 4. The van der Waals surface area contributed by atoms with Gasteiger partial charge in [-0.2, -0.15) is 5.26 Å². The lowest BCUT2D eigenvalue weighted by molar-refractivity contribution is 0.196. The zero-order valence-electron chi connectivity index (χ0n) is 18.6. The minimum atomic E-state index is -0.114. The van der Waals surface area contributed by atoms with E-state index in [0.29, 0.717) is 19.5 Å². The molecule has 1 unspecified atom stereocenters. The van der Waals surface area contributed by atoms with Crippen LogP contribution in [0.2, 0.25) is 0 Å². The lowest BCUT2D eigenvalue weighted by Crippen LogP contribution is -2.46. The molecule has 1 atom stereocenters. The summed E-state index contributed by atoms with van der Waals surface area (Å²) in [6.07, 6.45) is 4.30. The number of fused-ring (bicyclic) bond motifs is 4. The molecule has 0 aliphatic heterocycles. The Morgan fingerprint density at radius 3 is 3.06 bits per heavy atom. The van der Waals surface area contributed by atoms with Crippen LogP contribution in [0.15, 0.2) is 29.3 Å². The predicted octanol–water partition coefficient (Wildman–Crippen LogP) is 4.14. The van der Waals surface area contributed by atoms with Gasteiger partial charge in [0.05, 0.1) is 28.1 Å². The van der Waals surface area contributed by atoms with E-state index in [4.69, 9.17) is 5.26 Å². The molecule has 4 aromatic rings. The van der Waals surface area contributed by atoms with Gasteiger partial charge in [0.2, 0.25) is 0 Å². The zero-order chi connectivity index (χ0) is 23.7. The van der Waals surface area contributed by atoms with E-state index in [9.17, 15) is 9.59 Å². The molecule has 0 spiro atoms. The Balaban J connectivity index is 1.37. The molecule has 11 heteroatoms. The van der Waals surface area contributed by atoms with Crippen molar-refractivity contribution >= 4 is 60.6 Å². The second-order valence-electron chi connectivity index (χ2n) is 8.13. The number of benzene rings is 1. The van der Waals surface area contributed by atoms with Gasteiger partial charge >= 0.3 is 10.9 Å². The Morgan fingerprint density at radius 2 is 2.24 bits per heavy atom. The topological polar surface area (TPSA) is 127 Å². The van der Waals surface area contributed by atoms with Crippen LogP contribution < -0.4 is 15.5 Å². The molecule has 0 fully saturated rings. The largest absolute Gasteiger partial charge is 0.340 e. The molecule has 0 saturated carbocycles. The number of hydrogen-bond donors (Lipinski definition) is 3. The summed E-state index contributed by atoms with van der Waals surface area (Å²) in [4.78, 5) is 39.8. The second-order valence-corrected chi connectivity index (χ2v) is 10.2. The van der Waals surface area contributed by atoms with Crippen molar-refractivity contribution in [2.24, 2.45) is 0 Å². The van der Waals surface area contributed by atoms with Crippen molar-refractivity contribution in [3.8, 4) is 6.07 Å². The summed E-state index contributed by atoms with van der Waals surface area (Å²) in [5, 5.41) is 16.4. The molecule has 9 nitrogen and oxygen atoms in total. The van der Waals surface area contributed by atoms with Gasteiger partial charge in [-0.25, -0.2) is 14.8 Å². The van der Waals surface area contributed by atoms with Gasteiger partial charge < -0.3 is 20.5 Å². The van der Waals surface area contributed by atoms with Crippen LogP contribution in [-0.4, -0.2) is 45.0 Å². The molecule has 1 aliphatic carbocycles. The Bertz CT molecular complexity index is 1470. The van der Waals surface area contributed by atoms with Crippen molar-refractivity contribution in [1.82, 2.24) is 25.2 Å². The van der Waals surface area contributed by atoms with Gasteiger partial charge in [0.15, 0.2) is 0 Å². The van der Waals surface area contributed by atoms with E-state index in [-0.39, 0.29) is 16.9 Å². The van der Waals surface area contributed by atoms with Gasteiger partial charge in [0.1, 0.15) is 17.0 Å². The van der Waals surface area contributed by atoms with Gasteiger partial charge in [0.25, 0.3) is 0 Å². The summed E-state index contributed by atoms with van der Waals surface area (Å²) in [5.41, 5.74) is 2.92. The highest BCUT2D eigenvalue weighted by Gasteiger charge is 2.27. The van der Waals surface area contributed by atoms with Crippen LogP contribution in [0.1, 0.15) is 30.2 Å². The van der Waals surface area contributed by atoms with E-state index in [1.165, 1.54) is 21.8 Å². The minimum Gasteiger partial charge on any atom is -0.340 e. The quantitative estimate of drug-likeness (QED) is 0.370. The molecule has 1 aliphatic rings. The monoisotopic (exact) mass is 493 g/mol. The first-order valence-electron chi connectivity index (χ1n) is 11.1. The van der Waals surface area contributed by atoms with Crippen molar-refractivity contribution < 1.29 is 4.79 Å². The highest BCUT2D eigenvalue weighted by Crippen LogP contribution is 2.39. The number of thiazole rings is 1. The number of aromatic amines is 1. The predicted molar refractivity (Wildman–Crippen MR) is 135 cm³/mol. The third kappa shape index (κ3) is 4.34. The van der Waals surface area contributed by atoms with Crippen molar-refractivity contribution in [1.29, 1.82) is 5.26 Å². The number of urea groups is 1. The van der Waals surface area contributed by atoms with E-state index in [1.807, 2.05) is 25.1 Å². The number of thiophene rings is 1. The average molecular weight is 494 g/mol. The number of carbonyl (C=O) groups is 1. The molecule has 5 rings (SSSR count). The summed E-state index contributed by atoms with van der Waals surface area (Å²) in [7, 11) is 0. The van der Waals surface area contributed by atoms with E-state index in [0.717, 1.165) is 51.2 Å². The number of nitriles is 1. The summed E-state index contributed by atoms with van der Waals surface area (Å²) >= 11 is 2.83. The smallest absolute Gasteiger partial charge is 0.317 e. The van der Waals surface area contributed by atoms with Gasteiger partial charge in [0, 0.05) is 36.1 Å². The Labute approximate surface area is 203 Å². The molecule has 174 valence electrons. The van der Waals surface area contributed by atoms with E-state index < -0.39 is 0 Å². The van der Waals surface area contributed by atoms with Crippen LogP contribution in [0.4, 0.5) is 16.3 Å². The van der Waals surface area contributed by atoms with E-state index in [1.54, 1.807) is 22.6 Å². The first kappa shape index (κ1) is 22.3. The van der Waals surface area contributed by atoms with Crippen LogP contribution in [0, 0.1) is 11.3 Å². The fourth-order valence-electron chi connectivity index (χ4n) is 4.34. The van der Waals surface area contributed by atoms with Crippen LogP contribution in [0.3, 0.4) is 0 Å². The van der Waals surface area contributed by atoms with Gasteiger partial charge in [-0.15, -0.1) is 11.3 Å². The Kier molecular flexibility index (Phi) is 6.17.